The highest BCUT2D eigenvalue weighted by Crippen LogP contribution is 2.33. The average Bonchev–Trinajstić information content (AvgIpc) is 3.12. The smallest absolute Gasteiger partial charge is 0.250 e. The van der Waals surface area contributed by atoms with Crippen LogP contribution in [0.1, 0.15) is 5.56 Å². The first kappa shape index (κ1) is 17.1. The maximum Gasteiger partial charge on any atom is 0.250 e. The molecule has 0 aliphatic rings. The molecule has 0 saturated heterocycles. The fourth-order valence-electron chi connectivity index (χ4n) is 3.51. The average molecular weight is 378 g/mol. The van der Waals surface area contributed by atoms with Gasteiger partial charge >= 0.3 is 0 Å². The number of para-hydroxylation sites is 2. The van der Waals surface area contributed by atoms with E-state index >= 15 is 0 Å². The van der Waals surface area contributed by atoms with Crippen LogP contribution in [0.3, 0.4) is 0 Å². The number of hydrogen-bond acceptors (Lipinski definition) is 4. The van der Waals surface area contributed by atoms with Crippen LogP contribution in [0.25, 0.3) is 21.8 Å². The summed E-state index contributed by atoms with van der Waals surface area (Å²) in [7, 11) is 0. The monoisotopic (exact) mass is 378 g/mol. The molecule has 0 amide bonds. The summed E-state index contributed by atoms with van der Waals surface area (Å²) in [5.41, 5.74) is 3.76. The van der Waals surface area contributed by atoms with Crippen molar-refractivity contribution >= 4 is 33.4 Å². The minimum absolute atomic E-state index is 0.232. The summed E-state index contributed by atoms with van der Waals surface area (Å²) in [6.45, 7) is 0.659. The maximum atomic E-state index is 10.1. The molecular formula is C24H18N4O. The van der Waals surface area contributed by atoms with Crippen molar-refractivity contribution in [2.24, 2.45) is 10.2 Å². The van der Waals surface area contributed by atoms with E-state index in [9.17, 15) is 5.11 Å². The lowest BCUT2D eigenvalue weighted by Crippen LogP contribution is -1.98. The Hall–Kier alpha value is -3.99. The fourth-order valence-corrected chi connectivity index (χ4v) is 3.51. The van der Waals surface area contributed by atoms with E-state index in [0.29, 0.717) is 18.2 Å². The molecule has 1 aromatic heterocycles. The predicted molar refractivity (Wildman–Crippen MR) is 115 cm³/mol. The first-order chi connectivity index (χ1) is 14.3. The van der Waals surface area contributed by atoms with Gasteiger partial charge in [0.15, 0.2) is 0 Å². The molecule has 5 aromatic rings. The van der Waals surface area contributed by atoms with Crippen molar-refractivity contribution in [2.75, 3.05) is 0 Å². The molecule has 0 bridgehead atoms. The van der Waals surface area contributed by atoms with Gasteiger partial charge in [-0.25, -0.2) is 4.98 Å². The number of hydrogen-bond donors (Lipinski definition) is 1. The number of rotatable bonds is 4. The van der Waals surface area contributed by atoms with Crippen LogP contribution < -0.4 is 0 Å². The third kappa shape index (κ3) is 3.23. The van der Waals surface area contributed by atoms with Gasteiger partial charge in [0.1, 0.15) is 5.75 Å². The minimum atomic E-state index is 0.232. The molecule has 0 radical (unpaired) electrons. The molecule has 1 N–H and O–H groups in total. The number of benzene rings is 4. The molecular weight excluding hydrogens is 360 g/mol. The molecule has 0 aliphatic carbocycles. The molecule has 5 rings (SSSR count). The lowest BCUT2D eigenvalue weighted by molar-refractivity contribution is 0.481. The van der Waals surface area contributed by atoms with Crippen LogP contribution in [-0.4, -0.2) is 14.7 Å². The van der Waals surface area contributed by atoms with Gasteiger partial charge in [0.2, 0.25) is 0 Å². The SMILES string of the molecule is Oc1ccc(N=Nc2nc3ccccc3n2Cc2ccccc2)c2ccccc12. The second-order valence-electron chi connectivity index (χ2n) is 6.82. The van der Waals surface area contributed by atoms with E-state index in [1.54, 1.807) is 12.1 Å². The summed E-state index contributed by atoms with van der Waals surface area (Å²) < 4.78 is 2.07. The normalized spacial score (nSPS) is 11.6. The van der Waals surface area contributed by atoms with Gasteiger partial charge in [-0.2, -0.15) is 0 Å². The number of phenolic OH excluding ortho intramolecular Hbond substituents is 1. The summed E-state index contributed by atoms with van der Waals surface area (Å²) in [5, 5.41) is 20.7. The van der Waals surface area contributed by atoms with E-state index in [2.05, 4.69) is 31.9 Å². The fraction of sp³-hybridized carbons (Fsp3) is 0.0417. The molecule has 1 heterocycles. The Morgan fingerprint density at radius 3 is 2.31 bits per heavy atom. The molecule has 0 spiro atoms. The molecule has 5 heteroatoms. The number of imidazole rings is 1. The molecule has 29 heavy (non-hydrogen) atoms. The van der Waals surface area contributed by atoms with Gasteiger partial charge in [0.25, 0.3) is 5.95 Å². The van der Waals surface area contributed by atoms with Crippen LogP contribution in [0.2, 0.25) is 0 Å². The quantitative estimate of drug-likeness (QED) is 0.370. The van der Waals surface area contributed by atoms with E-state index < -0.39 is 0 Å². The first-order valence-corrected chi connectivity index (χ1v) is 9.41. The Balaban J connectivity index is 1.61. The van der Waals surface area contributed by atoms with Crippen molar-refractivity contribution in [3.63, 3.8) is 0 Å². The van der Waals surface area contributed by atoms with Crippen LogP contribution in [0.4, 0.5) is 11.6 Å². The summed E-state index contributed by atoms with van der Waals surface area (Å²) >= 11 is 0. The zero-order chi connectivity index (χ0) is 19.6. The molecule has 0 aliphatic heterocycles. The number of azo groups is 1. The summed E-state index contributed by atoms with van der Waals surface area (Å²) in [6.07, 6.45) is 0. The number of fused-ring (bicyclic) bond motifs is 2. The molecule has 0 unspecified atom stereocenters. The topological polar surface area (TPSA) is 62.8 Å². The Kier molecular flexibility index (Phi) is 4.26. The van der Waals surface area contributed by atoms with E-state index in [1.807, 2.05) is 66.7 Å². The molecule has 5 nitrogen and oxygen atoms in total. The van der Waals surface area contributed by atoms with Gasteiger partial charge in [-0.15, -0.1) is 10.2 Å². The third-order valence-corrected chi connectivity index (χ3v) is 4.94. The van der Waals surface area contributed by atoms with Gasteiger partial charge in [-0.3, -0.25) is 0 Å². The molecule has 4 aromatic carbocycles. The number of aromatic hydroxyl groups is 1. The van der Waals surface area contributed by atoms with Crippen molar-refractivity contribution in [3.8, 4) is 5.75 Å². The van der Waals surface area contributed by atoms with Crippen LogP contribution in [0, 0.1) is 0 Å². The standard InChI is InChI=1S/C24H18N4O/c29-23-15-14-20(18-10-4-5-11-19(18)23)26-27-24-25-21-12-6-7-13-22(21)28(24)16-17-8-2-1-3-9-17/h1-15,29H,16H2. The van der Waals surface area contributed by atoms with Gasteiger partial charge < -0.3 is 9.67 Å². The summed E-state index contributed by atoms with van der Waals surface area (Å²) in [4.78, 5) is 4.67. The Bertz CT molecular complexity index is 1340. The van der Waals surface area contributed by atoms with Crippen LogP contribution >= 0.6 is 0 Å². The Morgan fingerprint density at radius 1 is 0.724 bits per heavy atom. The van der Waals surface area contributed by atoms with Gasteiger partial charge in [-0.1, -0.05) is 66.7 Å². The lowest BCUT2D eigenvalue weighted by Gasteiger charge is -2.07. The predicted octanol–water partition coefficient (Wildman–Crippen LogP) is 6.36. The van der Waals surface area contributed by atoms with Crippen LogP contribution in [-0.2, 0) is 6.54 Å². The van der Waals surface area contributed by atoms with Gasteiger partial charge in [0.05, 0.1) is 23.3 Å². The zero-order valence-corrected chi connectivity index (χ0v) is 15.6. The van der Waals surface area contributed by atoms with Crippen molar-refractivity contribution in [2.45, 2.75) is 6.54 Å². The second-order valence-corrected chi connectivity index (χ2v) is 6.82. The highest BCUT2D eigenvalue weighted by Gasteiger charge is 2.11. The minimum Gasteiger partial charge on any atom is -0.507 e. The highest BCUT2D eigenvalue weighted by atomic mass is 16.3. The number of aromatic nitrogens is 2. The largest absolute Gasteiger partial charge is 0.507 e. The zero-order valence-electron chi connectivity index (χ0n) is 15.6. The number of nitrogens with zero attached hydrogens (tertiary/aromatic N) is 4. The molecule has 0 atom stereocenters. The van der Waals surface area contributed by atoms with E-state index in [0.717, 1.165) is 21.8 Å². The second kappa shape index (κ2) is 7.20. The molecule has 140 valence electrons. The Labute approximate surface area is 167 Å². The lowest BCUT2D eigenvalue weighted by atomic mass is 10.1. The van der Waals surface area contributed by atoms with Crippen molar-refractivity contribution < 1.29 is 5.11 Å². The van der Waals surface area contributed by atoms with E-state index in [-0.39, 0.29) is 5.75 Å². The van der Waals surface area contributed by atoms with Crippen molar-refractivity contribution in [1.82, 2.24) is 9.55 Å². The summed E-state index contributed by atoms with van der Waals surface area (Å²) in [6, 6.07) is 29.2. The first-order valence-electron chi connectivity index (χ1n) is 9.41. The van der Waals surface area contributed by atoms with Gasteiger partial charge in [0, 0.05) is 10.8 Å². The van der Waals surface area contributed by atoms with Crippen molar-refractivity contribution in [1.29, 1.82) is 0 Å². The van der Waals surface area contributed by atoms with Gasteiger partial charge in [-0.05, 0) is 29.8 Å². The van der Waals surface area contributed by atoms with Crippen LogP contribution in [0.5, 0.6) is 5.75 Å². The van der Waals surface area contributed by atoms with Crippen LogP contribution in [0.15, 0.2) is 101 Å². The van der Waals surface area contributed by atoms with Crippen molar-refractivity contribution in [3.05, 3.63) is 96.6 Å². The third-order valence-electron chi connectivity index (χ3n) is 4.94. The number of phenols is 1. The summed E-state index contributed by atoms with van der Waals surface area (Å²) in [5.74, 6) is 0.781. The maximum absolute atomic E-state index is 10.1. The molecule has 0 fully saturated rings. The highest BCUT2D eigenvalue weighted by molar-refractivity contribution is 5.96. The van der Waals surface area contributed by atoms with E-state index in [1.165, 1.54) is 5.56 Å². The molecule has 0 saturated carbocycles. The Morgan fingerprint density at radius 2 is 1.45 bits per heavy atom. The van der Waals surface area contributed by atoms with E-state index in [4.69, 9.17) is 0 Å².